The minimum Gasteiger partial charge on any atom is -0.302 e. The van der Waals surface area contributed by atoms with Crippen LogP contribution in [0.25, 0.3) is 17.2 Å². The average Bonchev–Trinajstić information content (AvgIpc) is 2.68. The molecule has 2 atom stereocenters. The number of hydrogen-bond donors (Lipinski definition) is 3. The van der Waals surface area contributed by atoms with E-state index in [1.165, 1.54) is 12.4 Å². The molecule has 6 heteroatoms. The average molecular weight is 360 g/mol. The molecule has 0 heterocycles. The van der Waals surface area contributed by atoms with Crippen LogP contribution in [0.5, 0.6) is 0 Å². The van der Waals surface area contributed by atoms with Crippen LogP contribution in [0.2, 0.25) is 0 Å². The monoisotopic (exact) mass is 360 g/mol. The van der Waals surface area contributed by atoms with E-state index >= 15 is 0 Å². The minimum absolute atomic E-state index is 0.218. The van der Waals surface area contributed by atoms with E-state index in [0.717, 1.165) is 16.7 Å². The van der Waals surface area contributed by atoms with E-state index in [-0.39, 0.29) is 6.54 Å². The van der Waals surface area contributed by atoms with E-state index in [1.54, 1.807) is 6.08 Å². The SMILES string of the molecule is CC(C(F)F)C(NC/C=C/c1ccc(-c2ccccc2)cc1)C(=O)NO. The zero-order valence-corrected chi connectivity index (χ0v) is 14.4. The third-order valence-corrected chi connectivity index (χ3v) is 4.10. The van der Waals surface area contributed by atoms with Crippen molar-refractivity contribution in [3.05, 3.63) is 66.2 Å². The summed E-state index contributed by atoms with van der Waals surface area (Å²) in [5.74, 6) is -2.10. The smallest absolute Gasteiger partial charge is 0.260 e. The number of halogens is 2. The van der Waals surface area contributed by atoms with E-state index in [4.69, 9.17) is 5.21 Å². The fourth-order valence-electron chi connectivity index (χ4n) is 2.54. The fourth-order valence-corrected chi connectivity index (χ4v) is 2.54. The molecule has 0 saturated heterocycles. The van der Waals surface area contributed by atoms with E-state index in [9.17, 15) is 13.6 Å². The Morgan fingerprint density at radius 1 is 1.08 bits per heavy atom. The number of amides is 1. The molecule has 3 N–H and O–H groups in total. The summed E-state index contributed by atoms with van der Waals surface area (Å²) in [5, 5.41) is 11.4. The van der Waals surface area contributed by atoms with E-state index in [2.05, 4.69) is 5.32 Å². The highest BCUT2D eigenvalue weighted by molar-refractivity contribution is 5.81. The summed E-state index contributed by atoms with van der Waals surface area (Å²) in [5.41, 5.74) is 4.61. The van der Waals surface area contributed by atoms with Crippen LogP contribution in [0.15, 0.2) is 60.7 Å². The summed E-state index contributed by atoms with van der Waals surface area (Å²) < 4.78 is 25.6. The van der Waals surface area contributed by atoms with E-state index in [0.29, 0.717) is 0 Å². The van der Waals surface area contributed by atoms with Gasteiger partial charge in [-0.25, -0.2) is 14.3 Å². The first-order valence-electron chi connectivity index (χ1n) is 8.30. The lowest BCUT2D eigenvalue weighted by Gasteiger charge is -2.21. The van der Waals surface area contributed by atoms with Crippen molar-refractivity contribution in [2.45, 2.75) is 19.4 Å². The van der Waals surface area contributed by atoms with Crippen molar-refractivity contribution in [3.8, 4) is 11.1 Å². The maximum atomic E-state index is 12.8. The molecule has 0 aliphatic carbocycles. The Morgan fingerprint density at radius 2 is 1.69 bits per heavy atom. The molecular weight excluding hydrogens is 338 g/mol. The number of alkyl halides is 2. The first-order chi connectivity index (χ1) is 12.5. The van der Waals surface area contributed by atoms with Gasteiger partial charge in [0.1, 0.15) is 0 Å². The van der Waals surface area contributed by atoms with Crippen LogP contribution in [0.4, 0.5) is 8.78 Å². The maximum absolute atomic E-state index is 12.8. The topological polar surface area (TPSA) is 61.4 Å². The fraction of sp³-hybridized carbons (Fsp3) is 0.250. The van der Waals surface area contributed by atoms with E-state index in [1.807, 2.05) is 60.7 Å². The Bertz CT molecular complexity index is 718. The summed E-state index contributed by atoms with van der Waals surface area (Å²) in [6.45, 7) is 1.47. The molecule has 4 nitrogen and oxygen atoms in total. The molecule has 2 unspecified atom stereocenters. The van der Waals surface area contributed by atoms with Gasteiger partial charge in [0, 0.05) is 12.5 Å². The van der Waals surface area contributed by atoms with Gasteiger partial charge in [-0.1, -0.05) is 73.7 Å². The third kappa shape index (κ3) is 5.47. The van der Waals surface area contributed by atoms with Crippen molar-refractivity contribution in [2.24, 2.45) is 5.92 Å². The molecule has 0 bridgehead atoms. The van der Waals surface area contributed by atoms with Crippen molar-refractivity contribution in [3.63, 3.8) is 0 Å². The molecule has 0 aliphatic heterocycles. The van der Waals surface area contributed by atoms with Gasteiger partial charge in [0.05, 0.1) is 6.04 Å². The lowest BCUT2D eigenvalue weighted by molar-refractivity contribution is -0.134. The lowest BCUT2D eigenvalue weighted by atomic mass is 10.0. The summed E-state index contributed by atoms with van der Waals surface area (Å²) in [6, 6.07) is 16.7. The molecule has 0 aliphatic rings. The number of carbonyl (C=O) groups excluding carboxylic acids is 1. The molecular formula is C20H22F2N2O2. The quantitative estimate of drug-likeness (QED) is 0.497. The molecule has 138 valence electrons. The number of rotatable bonds is 8. The molecule has 0 aromatic heterocycles. The zero-order valence-electron chi connectivity index (χ0n) is 14.4. The van der Waals surface area contributed by atoms with Crippen LogP contribution in [0.1, 0.15) is 12.5 Å². The maximum Gasteiger partial charge on any atom is 0.260 e. The van der Waals surface area contributed by atoms with Gasteiger partial charge in [0.25, 0.3) is 5.91 Å². The van der Waals surface area contributed by atoms with Crippen molar-refractivity contribution >= 4 is 12.0 Å². The second-order valence-corrected chi connectivity index (χ2v) is 5.95. The molecule has 0 saturated carbocycles. The van der Waals surface area contributed by atoms with Crippen LogP contribution in [-0.4, -0.2) is 30.1 Å². The number of nitrogens with one attached hydrogen (secondary N) is 2. The number of carbonyl (C=O) groups is 1. The predicted octanol–water partition coefficient (Wildman–Crippen LogP) is 3.73. The highest BCUT2D eigenvalue weighted by atomic mass is 19.3. The van der Waals surface area contributed by atoms with Gasteiger partial charge >= 0.3 is 0 Å². The van der Waals surface area contributed by atoms with Gasteiger partial charge in [-0.3, -0.25) is 10.0 Å². The summed E-state index contributed by atoms with van der Waals surface area (Å²) in [6.07, 6.45) is 0.912. The molecule has 26 heavy (non-hydrogen) atoms. The summed E-state index contributed by atoms with van der Waals surface area (Å²) in [7, 11) is 0. The van der Waals surface area contributed by atoms with Gasteiger partial charge in [-0.05, 0) is 16.7 Å². The normalized spacial score (nSPS) is 13.7. The third-order valence-electron chi connectivity index (χ3n) is 4.10. The van der Waals surface area contributed by atoms with Crippen molar-refractivity contribution < 1.29 is 18.8 Å². The van der Waals surface area contributed by atoms with Gasteiger partial charge < -0.3 is 5.32 Å². The van der Waals surface area contributed by atoms with Crippen molar-refractivity contribution in [1.82, 2.24) is 10.8 Å². The van der Waals surface area contributed by atoms with Crippen molar-refractivity contribution in [2.75, 3.05) is 6.54 Å². The van der Waals surface area contributed by atoms with Gasteiger partial charge in [-0.15, -0.1) is 0 Å². The Balaban J connectivity index is 1.94. The lowest BCUT2D eigenvalue weighted by Crippen LogP contribution is -2.49. The summed E-state index contributed by atoms with van der Waals surface area (Å²) >= 11 is 0. The molecule has 0 fully saturated rings. The Kier molecular flexibility index (Phi) is 7.44. The Morgan fingerprint density at radius 3 is 2.27 bits per heavy atom. The van der Waals surface area contributed by atoms with Gasteiger partial charge in [-0.2, -0.15) is 0 Å². The molecule has 0 spiro atoms. The first-order valence-corrected chi connectivity index (χ1v) is 8.30. The Hall–Kier alpha value is -2.57. The minimum atomic E-state index is -2.67. The molecule has 0 radical (unpaired) electrons. The molecule has 2 aromatic carbocycles. The van der Waals surface area contributed by atoms with Crippen molar-refractivity contribution in [1.29, 1.82) is 0 Å². The van der Waals surface area contributed by atoms with Crippen LogP contribution in [-0.2, 0) is 4.79 Å². The number of hydrogen-bond acceptors (Lipinski definition) is 3. The Labute approximate surface area is 151 Å². The van der Waals surface area contributed by atoms with Crippen LogP contribution in [0, 0.1) is 5.92 Å². The predicted molar refractivity (Wildman–Crippen MR) is 97.8 cm³/mol. The van der Waals surface area contributed by atoms with Crippen LogP contribution >= 0.6 is 0 Å². The van der Waals surface area contributed by atoms with Gasteiger partial charge in [0.2, 0.25) is 6.43 Å². The summed E-state index contributed by atoms with van der Waals surface area (Å²) in [4.78, 5) is 11.5. The number of benzene rings is 2. The zero-order chi connectivity index (χ0) is 18.9. The highest BCUT2D eigenvalue weighted by Gasteiger charge is 2.30. The first kappa shape index (κ1) is 19.8. The van der Waals surface area contributed by atoms with E-state index < -0.39 is 24.3 Å². The molecule has 1 amide bonds. The van der Waals surface area contributed by atoms with Gasteiger partial charge in [0.15, 0.2) is 0 Å². The molecule has 2 rings (SSSR count). The molecule has 2 aromatic rings. The van der Waals surface area contributed by atoms with Crippen LogP contribution < -0.4 is 10.8 Å². The van der Waals surface area contributed by atoms with Crippen LogP contribution in [0.3, 0.4) is 0 Å². The largest absolute Gasteiger partial charge is 0.302 e. The number of hydroxylamine groups is 1. The standard InChI is InChI=1S/C20H22F2N2O2/c1-14(19(21)22)18(20(25)24-26)23-13-5-6-15-9-11-17(12-10-15)16-7-3-2-4-8-16/h2-12,14,18-19,23,26H,13H2,1H3,(H,24,25)/b6-5+. The second kappa shape index (κ2) is 9.79. The second-order valence-electron chi connectivity index (χ2n) is 5.95. The highest BCUT2D eigenvalue weighted by Crippen LogP contribution is 2.19.